The summed E-state index contributed by atoms with van der Waals surface area (Å²) in [5, 5.41) is 7.48. The number of rotatable bonds is 4. The molecule has 1 unspecified atom stereocenters. The maximum absolute atomic E-state index is 12.1. The topological polar surface area (TPSA) is 50.2 Å². The predicted molar refractivity (Wildman–Crippen MR) is 70.1 cm³/mol. The van der Waals surface area contributed by atoms with Gasteiger partial charge in [-0.2, -0.15) is 5.10 Å². The number of carbonyl (C=O) groups is 1. The van der Waals surface area contributed by atoms with Crippen LogP contribution in [-0.4, -0.2) is 39.7 Å². The quantitative estimate of drug-likeness (QED) is 0.861. The van der Waals surface area contributed by atoms with Crippen LogP contribution in [0.4, 0.5) is 0 Å². The van der Waals surface area contributed by atoms with Gasteiger partial charge in [0.2, 0.25) is 5.91 Å². The van der Waals surface area contributed by atoms with Gasteiger partial charge in [0.1, 0.15) is 0 Å². The summed E-state index contributed by atoms with van der Waals surface area (Å²) >= 11 is 0. The number of hydrogen-bond acceptors (Lipinski definition) is 3. The zero-order valence-electron chi connectivity index (χ0n) is 11.4. The van der Waals surface area contributed by atoms with E-state index in [1.165, 1.54) is 0 Å². The van der Waals surface area contributed by atoms with Crippen molar-refractivity contribution in [3.05, 3.63) is 17.5 Å². The molecule has 0 aromatic carbocycles. The third-order valence-electron chi connectivity index (χ3n) is 3.72. The number of carbonyl (C=O) groups excluding carboxylic acids is 1. The molecule has 0 bridgehead atoms. The zero-order chi connectivity index (χ0) is 13.1. The van der Waals surface area contributed by atoms with Gasteiger partial charge in [-0.05, 0) is 26.7 Å². The molecule has 100 valence electrons. The van der Waals surface area contributed by atoms with Gasteiger partial charge in [0, 0.05) is 37.9 Å². The molecule has 5 heteroatoms. The van der Waals surface area contributed by atoms with E-state index in [1.807, 2.05) is 36.7 Å². The van der Waals surface area contributed by atoms with Crippen LogP contribution >= 0.6 is 0 Å². The molecule has 0 aliphatic carbocycles. The van der Waals surface area contributed by atoms with Crippen molar-refractivity contribution in [3.8, 4) is 0 Å². The maximum Gasteiger partial charge on any atom is 0.239 e. The lowest BCUT2D eigenvalue weighted by Gasteiger charge is -2.21. The Hall–Kier alpha value is -1.36. The van der Waals surface area contributed by atoms with E-state index < -0.39 is 0 Å². The fourth-order valence-electron chi connectivity index (χ4n) is 2.28. The number of nitrogens with zero attached hydrogens (tertiary/aromatic N) is 3. The van der Waals surface area contributed by atoms with E-state index in [2.05, 4.69) is 10.4 Å². The molecule has 5 nitrogen and oxygen atoms in total. The van der Waals surface area contributed by atoms with E-state index in [0.717, 1.165) is 37.2 Å². The van der Waals surface area contributed by atoms with Crippen LogP contribution in [0.2, 0.25) is 0 Å². The second kappa shape index (κ2) is 5.52. The summed E-state index contributed by atoms with van der Waals surface area (Å²) in [5.41, 5.74) is 2.29. The normalized spacial score (nSPS) is 17.2. The van der Waals surface area contributed by atoms with Crippen LogP contribution in [0.15, 0.2) is 6.20 Å². The monoisotopic (exact) mass is 250 g/mol. The van der Waals surface area contributed by atoms with E-state index in [1.54, 1.807) is 0 Å². The average Bonchev–Trinajstić information content (AvgIpc) is 2.99. The number of hydrogen-bond donors (Lipinski definition) is 1. The molecule has 1 amide bonds. The Kier molecular flexibility index (Phi) is 4.01. The van der Waals surface area contributed by atoms with Crippen LogP contribution in [-0.2, 0) is 18.4 Å². The first-order valence-corrected chi connectivity index (χ1v) is 6.59. The zero-order valence-corrected chi connectivity index (χ0v) is 11.4. The van der Waals surface area contributed by atoms with E-state index in [0.29, 0.717) is 6.54 Å². The molecule has 0 radical (unpaired) electrons. The largest absolute Gasteiger partial charge is 0.341 e. The van der Waals surface area contributed by atoms with Gasteiger partial charge in [0.25, 0.3) is 0 Å². The summed E-state index contributed by atoms with van der Waals surface area (Å²) in [6.07, 6.45) is 4.13. The van der Waals surface area contributed by atoms with E-state index >= 15 is 0 Å². The molecule has 1 N–H and O–H groups in total. The van der Waals surface area contributed by atoms with Crippen molar-refractivity contribution in [1.29, 1.82) is 0 Å². The fraction of sp³-hybridized carbons (Fsp3) is 0.692. The Morgan fingerprint density at radius 1 is 1.50 bits per heavy atom. The van der Waals surface area contributed by atoms with Crippen LogP contribution in [0.5, 0.6) is 0 Å². The van der Waals surface area contributed by atoms with Crippen molar-refractivity contribution in [2.75, 3.05) is 13.1 Å². The molecule has 18 heavy (non-hydrogen) atoms. The molecule has 1 aliphatic heterocycles. The molecular formula is C13H22N4O. The van der Waals surface area contributed by atoms with Crippen molar-refractivity contribution in [2.45, 2.75) is 39.3 Å². The van der Waals surface area contributed by atoms with E-state index in [4.69, 9.17) is 0 Å². The third kappa shape index (κ3) is 2.72. The number of aryl methyl sites for hydroxylation is 1. The summed E-state index contributed by atoms with van der Waals surface area (Å²) in [5.74, 6) is 0.217. The highest BCUT2D eigenvalue weighted by Gasteiger charge is 2.22. The second-order valence-corrected chi connectivity index (χ2v) is 5.01. The van der Waals surface area contributed by atoms with Crippen LogP contribution in [0, 0.1) is 6.92 Å². The fourth-order valence-corrected chi connectivity index (χ4v) is 2.28. The van der Waals surface area contributed by atoms with Crippen LogP contribution < -0.4 is 5.32 Å². The Labute approximate surface area is 108 Å². The molecule has 1 aromatic heterocycles. The van der Waals surface area contributed by atoms with Gasteiger partial charge in [0.15, 0.2) is 0 Å². The minimum Gasteiger partial charge on any atom is -0.341 e. The summed E-state index contributed by atoms with van der Waals surface area (Å²) in [7, 11) is 1.93. The summed E-state index contributed by atoms with van der Waals surface area (Å²) in [6.45, 7) is 6.50. The lowest BCUT2D eigenvalue weighted by atomic mass is 10.2. The Morgan fingerprint density at radius 2 is 2.17 bits per heavy atom. The van der Waals surface area contributed by atoms with Gasteiger partial charge in [-0.15, -0.1) is 0 Å². The Morgan fingerprint density at radius 3 is 2.72 bits per heavy atom. The van der Waals surface area contributed by atoms with Crippen molar-refractivity contribution in [2.24, 2.45) is 7.05 Å². The summed E-state index contributed by atoms with van der Waals surface area (Å²) in [4.78, 5) is 14.1. The Bertz CT molecular complexity index is 421. The van der Waals surface area contributed by atoms with Gasteiger partial charge < -0.3 is 10.2 Å². The molecule has 1 saturated heterocycles. The first kappa shape index (κ1) is 13.1. The van der Waals surface area contributed by atoms with Crippen molar-refractivity contribution < 1.29 is 4.79 Å². The molecular weight excluding hydrogens is 228 g/mol. The second-order valence-electron chi connectivity index (χ2n) is 5.01. The highest BCUT2D eigenvalue weighted by atomic mass is 16.2. The molecule has 1 atom stereocenters. The van der Waals surface area contributed by atoms with Crippen LogP contribution in [0.25, 0.3) is 0 Å². The number of amides is 1. The smallest absolute Gasteiger partial charge is 0.239 e. The first-order chi connectivity index (χ1) is 8.59. The Balaban J connectivity index is 1.86. The molecule has 1 fully saturated rings. The van der Waals surface area contributed by atoms with Crippen molar-refractivity contribution in [1.82, 2.24) is 20.0 Å². The lowest BCUT2D eigenvalue weighted by Crippen LogP contribution is -2.43. The average molecular weight is 250 g/mol. The van der Waals surface area contributed by atoms with Gasteiger partial charge >= 0.3 is 0 Å². The molecule has 0 saturated carbocycles. The molecule has 1 aromatic rings. The summed E-state index contributed by atoms with van der Waals surface area (Å²) in [6, 6.07) is -0.122. The lowest BCUT2D eigenvalue weighted by molar-refractivity contribution is -0.131. The van der Waals surface area contributed by atoms with Gasteiger partial charge in [0.05, 0.1) is 12.2 Å². The number of nitrogens with one attached hydrogen (secondary N) is 1. The predicted octanol–water partition coefficient (Wildman–Crippen LogP) is 0.829. The molecule has 1 aliphatic rings. The minimum atomic E-state index is -0.122. The maximum atomic E-state index is 12.1. The van der Waals surface area contributed by atoms with Gasteiger partial charge in [-0.25, -0.2) is 0 Å². The molecule has 0 spiro atoms. The molecule has 2 heterocycles. The van der Waals surface area contributed by atoms with Crippen LogP contribution in [0.3, 0.4) is 0 Å². The first-order valence-electron chi connectivity index (χ1n) is 6.59. The highest BCUT2D eigenvalue weighted by molar-refractivity contribution is 5.81. The SMILES string of the molecule is Cc1c(CNC(C)C(=O)N2CCCC2)cnn1C. The highest BCUT2D eigenvalue weighted by Crippen LogP contribution is 2.10. The van der Waals surface area contributed by atoms with Crippen molar-refractivity contribution >= 4 is 5.91 Å². The number of likely N-dealkylation sites (tertiary alicyclic amines) is 1. The van der Waals surface area contributed by atoms with Crippen molar-refractivity contribution in [3.63, 3.8) is 0 Å². The standard InChI is InChI=1S/C13H22N4O/c1-10(13(18)17-6-4-5-7-17)14-8-12-9-15-16(3)11(12)2/h9-10,14H,4-8H2,1-3H3. The third-order valence-corrected chi connectivity index (χ3v) is 3.72. The molecule has 2 rings (SSSR count). The van der Waals surface area contributed by atoms with E-state index in [-0.39, 0.29) is 11.9 Å². The number of aromatic nitrogens is 2. The summed E-state index contributed by atoms with van der Waals surface area (Å²) < 4.78 is 1.85. The van der Waals surface area contributed by atoms with Gasteiger partial charge in [-0.3, -0.25) is 9.48 Å². The minimum absolute atomic E-state index is 0.122. The van der Waals surface area contributed by atoms with E-state index in [9.17, 15) is 4.79 Å². The van der Waals surface area contributed by atoms with Crippen LogP contribution in [0.1, 0.15) is 31.0 Å². The van der Waals surface area contributed by atoms with Gasteiger partial charge in [-0.1, -0.05) is 0 Å².